The van der Waals surface area contributed by atoms with E-state index in [1.165, 1.54) is 36.0 Å². The number of aliphatic imine (C=N–C) groups is 1. The SMILES string of the molecule is C=C1CN=CC=C(N2CC/C=C(\C(=O)OCC3COC3)CCC2)/C1=C/C(=C\C)c1ccc(C(CCC)CC/C=C/C(C)C)cc1. The highest BCUT2D eigenvalue weighted by molar-refractivity contribution is 5.88. The number of esters is 1. The van der Waals surface area contributed by atoms with Gasteiger partial charge in [-0.15, -0.1) is 0 Å². The fourth-order valence-electron chi connectivity index (χ4n) is 6.18. The molecule has 1 aromatic carbocycles. The Balaban J connectivity index is 1.47. The topological polar surface area (TPSA) is 51.1 Å². The fraction of sp³-hybridized carbons (Fsp3) is 0.500. The monoisotopic (exact) mass is 610 g/mol. The van der Waals surface area contributed by atoms with Gasteiger partial charge in [0.15, 0.2) is 0 Å². The van der Waals surface area contributed by atoms with E-state index < -0.39 is 0 Å². The van der Waals surface area contributed by atoms with Crippen molar-refractivity contribution in [2.24, 2.45) is 16.8 Å². The average molecular weight is 611 g/mol. The quantitative estimate of drug-likeness (QED) is 0.165. The third-order valence-electron chi connectivity index (χ3n) is 8.87. The lowest BCUT2D eigenvalue weighted by Gasteiger charge is -2.30. The molecule has 3 aliphatic rings. The Morgan fingerprint density at radius 2 is 1.98 bits per heavy atom. The molecule has 0 saturated carbocycles. The normalized spacial score (nSPS) is 21.2. The molecule has 0 radical (unpaired) electrons. The molecule has 0 N–H and O–H groups in total. The summed E-state index contributed by atoms with van der Waals surface area (Å²) >= 11 is 0. The molecule has 4 rings (SSSR count). The lowest BCUT2D eigenvalue weighted by molar-refractivity contribution is -0.146. The molecule has 1 saturated heterocycles. The molecule has 1 atom stereocenters. The highest BCUT2D eigenvalue weighted by Gasteiger charge is 2.23. The number of hydrogen-bond acceptors (Lipinski definition) is 5. The van der Waals surface area contributed by atoms with Crippen molar-refractivity contribution < 1.29 is 14.3 Å². The van der Waals surface area contributed by atoms with Gasteiger partial charge in [0.05, 0.1) is 26.4 Å². The number of hydrogen-bond donors (Lipinski definition) is 0. The highest BCUT2D eigenvalue weighted by Crippen LogP contribution is 2.32. The Morgan fingerprint density at radius 1 is 1.18 bits per heavy atom. The zero-order valence-electron chi connectivity index (χ0n) is 28.1. The predicted octanol–water partition coefficient (Wildman–Crippen LogP) is 9.02. The first-order valence-electron chi connectivity index (χ1n) is 17.1. The summed E-state index contributed by atoms with van der Waals surface area (Å²) in [6, 6.07) is 9.23. The summed E-state index contributed by atoms with van der Waals surface area (Å²) in [5.41, 5.74) is 7.95. The molecule has 1 unspecified atom stereocenters. The molecule has 0 amide bonds. The Bertz CT molecular complexity index is 1320. The third kappa shape index (κ3) is 10.3. The smallest absolute Gasteiger partial charge is 0.333 e. The third-order valence-corrected chi connectivity index (χ3v) is 8.87. The molecule has 3 aliphatic heterocycles. The second-order valence-corrected chi connectivity index (χ2v) is 12.9. The van der Waals surface area contributed by atoms with E-state index in [0.717, 1.165) is 61.2 Å². The van der Waals surface area contributed by atoms with Crippen molar-refractivity contribution in [1.82, 2.24) is 4.90 Å². The van der Waals surface area contributed by atoms with Crippen molar-refractivity contribution in [3.63, 3.8) is 0 Å². The zero-order valence-corrected chi connectivity index (χ0v) is 28.1. The molecule has 1 aromatic rings. The van der Waals surface area contributed by atoms with Crippen LogP contribution in [-0.4, -0.2) is 56.5 Å². The van der Waals surface area contributed by atoms with Crippen LogP contribution in [0.5, 0.6) is 0 Å². The second kappa shape index (κ2) is 17.9. The molecule has 3 heterocycles. The molecular weight excluding hydrogens is 556 g/mol. The van der Waals surface area contributed by atoms with E-state index in [9.17, 15) is 4.79 Å². The number of benzene rings is 1. The molecule has 1 fully saturated rings. The first-order valence-corrected chi connectivity index (χ1v) is 17.1. The van der Waals surface area contributed by atoms with Crippen molar-refractivity contribution in [1.29, 1.82) is 0 Å². The molecule has 0 bridgehead atoms. The van der Waals surface area contributed by atoms with Crippen LogP contribution in [0, 0.1) is 11.8 Å². The van der Waals surface area contributed by atoms with Gasteiger partial charge in [-0.1, -0.05) is 82.3 Å². The van der Waals surface area contributed by atoms with Crippen LogP contribution in [0.2, 0.25) is 0 Å². The number of carbonyl (C=O) groups is 1. The number of nitrogens with zero attached hydrogens (tertiary/aromatic N) is 2. The number of rotatable bonds is 13. The summed E-state index contributed by atoms with van der Waals surface area (Å²) in [6.45, 7) is 17.4. The van der Waals surface area contributed by atoms with E-state index in [1.807, 2.05) is 6.21 Å². The van der Waals surface area contributed by atoms with Crippen LogP contribution in [0.3, 0.4) is 0 Å². The van der Waals surface area contributed by atoms with Crippen LogP contribution in [0.15, 0.2) is 94.7 Å². The number of carbonyl (C=O) groups excluding carboxylic acids is 1. The minimum absolute atomic E-state index is 0.169. The van der Waals surface area contributed by atoms with Gasteiger partial charge in [0.2, 0.25) is 0 Å². The highest BCUT2D eigenvalue weighted by atomic mass is 16.5. The lowest BCUT2D eigenvalue weighted by Crippen LogP contribution is -2.33. The minimum Gasteiger partial charge on any atom is -0.462 e. The Morgan fingerprint density at radius 3 is 2.67 bits per heavy atom. The predicted molar refractivity (Wildman–Crippen MR) is 188 cm³/mol. The summed E-state index contributed by atoms with van der Waals surface area (Å²) in [5.74, 6) is 1.37. The van der Waals surface area contributed by atoms with Crippen LogP contribution >= 0.6 is 0 Å². The van der Waals surface area contributed by atoms with Crippen molar-refractivity contribution >= 4 is 17.8 Å². The first-order chi connectivity index (χ1) is 21.9. The van der Waals surface area contributed by atoms with Crippen LogP contribution < -0.4 is 0 Å². The molecule has 242 valence electrons. The van der Waals surface area contributed by atoms with Crippen molar-refractivity contribution in [2.75, 3.05) is 39.5 Å². The van der Waals surface area contributed by atoms with Gasteiger partial charge < -0.3 is 14.4 Å². The maximum atomic E-state index is 12.7. The van der Waals surface area contributed by atoms with E-state index in [1.54, 1.807) is 0 Å². The van der Waals surface area contributed by atoms with Crippen LogP contribution in [-0.2, 0) is 14.3 Å². The number of ether oxygens (including phenoxy) is 2. The zero-order chi connectivity index (χ0) is 32.0. The Kier molecular flexibility index (Phi) is 13.7. The molecular formula is C40H54N2O3. The van der Waals surface area contributed by atoms with E-state index >= 15 is 0 Å². The van der Waals surface area contributed by atoms with Crippen LogP contribution in [0.4, 0.5) is 0 Å². The van der Waals surface area contributed by atoms with Gasteiger partial charge in [0.1, 0.15) is 0 Å². The second-order valence-electron chi connectivity index (χ2n) is 12.9. The molecule has 0 aliphatic carbocycles. The van der Waals surface area contributed by atoms with E-state index in [0.29, 0.717) is 44.1 Å². The maximum Gasteiger partial charge on any atom is 0.333 e. The first kappa shape index (κ1) is 34.4. The van der Waals surface area contributed by atoms with Gasteiger partial charge in [-0.05, 0) is 91.7 Å². The minimum atomic E-state index is -0.169. The summed E-state index contributed by atoms with van der Waals surface area (Å²) in [4.78, 5) is 19.7. The van der Waals surface area contributed by atoms with Gasteiger partial charge in [0.25, 0.3) is 0 Å². The van der Waals surface area contributed by atoms with Gasteiger partial charge in [-0.3, -0.25) is 4.99 Å². The summed E-state index contributed by atoms with van der Waals surface area (Å²) in [5, 5.41) is 0. The molecule has 5 heteroatoms. The number of allylic oxidation sites excluding steroid dienone is 7. The van der Waals surface area contributed by atoms with Crippen LogP contribution in [0.25, 0.3) is 5.57 Å². The fourth-order valence-corrected chi connectivity index (χ4v) is 6.18. The summed E-state index contributed by atoms with van der Waals surface area (Å²) in [7, 11) is 0. The van der Waals surface area contributed by atoms with E-state index in [2.05, 4.69) is 105 Å². The van der Waals surface area contributed by atoms with Gasteiger partial charge in [-0.2, -0.15) is 0 Å². The standard InChI is InChI=1S/C40H54N2O3/c1-6-12-34(14-9-8-13-30(3)4)36-19-17-35(18-20-36)33(7-2)25-38-31(5)26-41-22-21-39(38)42-23-10-15-37(16-11-24-42)40(43)45-29-32-27-44-28-32/h7-8,13,15,17-22,25,30,32,34H,5-6,9-12,14,16,23-24,26-29H2,1-4H3/b13-8+,33-7+,37-15-,38-25+. The molecule has 5 nitrogen and oxygen atoms in total. The Labute approximate surface area is 272 Å². The average Bonchev–Trinajstić information content (AvgIpc) is 3.17. The lowest BCUT2D eigenvalue weighted by atomic mass is 9.88. The summed E-state index contributed by atoms with van der Waals surface area (Å²) in [6.07, 6.45) is 22.4. The van der Waals surface area contributed by atoms with Gasteiger partial charge in [-0.25, -0.2) is 4.79 Å². The molecule has 0 aromatic heterocycles. The van der Waals surface area contributed by atoms with E-state index in [-0.39, 0.29) is 5.97 Å². The molecule has 0 spiro atoms. The molecule has 45 heavy (non-hydrogen) atoms. The summed E-state index contributed by atoms with van der Waals surface area (Å²) < 4.78 is 10.8. The van der Waals surface area contributed by atoms with Crippen molar-refractivity contribution in [3.8, 4) is 0 Å². The van der Waals surface area contributed by atoms with Crippen LogP contribution in [0.1, 0.15) is 89.7 Å². The van der Waals surface area contributed by atoms with Gasteiger partial charge >= 0.3 is 5.97 Å². The van der Waals surface area contributed by atoms with Crippen molar-refractivity contribution in [2.45, 2.75) is 78.6 Å². The van der Waals surface area contributed by atoms with E-state index in [4.69, 9.17) is 9.47 Å². The van der Waals surface area contributed by atoms with Crippen molar-refractivity contribution in [3.05, 3.63) is 101 Å². The maximum absolute atomic E-state index is 12.7. The Hall–Kier alpha value is -3.44. The van der Waals surface area contributed by atoms with Gasteiger partial charge in [0, 0.05) is 42.1 Å². The largest absolute Gasteiger partial charge is 0.462 e.